The molecule has 0 aromatic heterocycles. The number of piperidine rings is 1. The first-order chi connectivity index (χ1) is 8.98. The van der Waals surface area contributed by atoms with Crippen LogP contribution in [0.1, 0.15) is 18.4 Å². The lowest BCUT2D eigenvalue weighted by molar-refractivity contribution is 0.402. The SMILES string of the molecule is Cc1cccc(Cl)c1NS(=O)(=O)CC1CCNCC1. The zero-order chi connectivity index (χ0) is 13.9. The summed E-state index contributed by atoms with van der Waals surface area (Å²) in [7, 11) is -3.34. The van der Waals surface area contributed by atoms with Gasteiger partial charge in [0.15, 0.2) is 0 Å². The van der Waals surface area contributed by atoms with Crippen molar-refractivity contribution in [1.82, 2.24) is 5.32 Å². The highest BCUT2D eigenvalue weighted by atomic mass is 35.5. The van der Waals surface area contributed by atoms with E-state index in [1.807, 2.05) is 19.1 Å². The topological polar surface area (TPSA) is 58.2 Å². The monoisotopic (exact) mass is 302 g/mol. The number of para-hydroxylation sites is 1. The molecule has 1 aliphatic heterocycles. The zero-order valence-corrected chi connectivity index (χ0v) is 12.5. The molecule has 4 nitrogen and oxygen atoms in total. The third-order valence-corrected chi connectivity index (χ3v) is 5.13. The van der Waals surface area contributed by atoms with E-state index in [-0.39, 0.29) is 11.7 Å². The molecule has 1 aliphatic rings. The van der Waals surface area contributed by atoms with Crippen LogP contribution in [0.15, 0.2) is 18.2 Å². The van der Waals surface area contributed by atoms with Gasteiger partial charge in [0.25, 0.3) is 0 Å². The minimum Gasteiger partial charge on any atom is -0.317 e. The summed E-state index contributed by atoms with van der Waals surface area (Å²) in [6.07, 6.45) is 1.81. The van der Waals surface area contributed by atoms with E-state index in [0.717, 1.165) is 31.5 Å². The number of halogens is 1. The molecule has 106 valence electrons. The molecule has 1 heterocycles. The lowest BCUT2D eigenvalue weighted by atomic mass is 10.0. The molecule has 0 amide bonds. The van der Waals surface area contributed by atoms with Crippen molar-refractivity contribution in [2.45, 2.75) is 19.8 Å². The van der Waals surface area contributed by atoms with Gasteiger partial charge in [-0.1, -0.05) is 23.7 Å². The van der Waals surface area contributed by atoms with Crippen LogP contribution in [-0.4, -0.2) is 27.3 Å². The Morgan fingerprint density at radius 3 is 2.68 bits per heavy atom. The van der Waals surface area contributed by atoms with Gasteiger partial charge in [-0.15, -0.1) is 0 Å². The molecule has 2 rings (SSSR count). The van der Waals surface area contributed by atoms with Crippen LogP contribution in [0.4, 0.5) is 5.69 Å². The average molecular weight is 303 g/mol. The molecule has 19 heavy (non-hydrogen) atoms. The van der Waals surface area contributed by atoms with Gasteiger partial charge < -0.3 is 5.32 Å². The summed E-state index contributed by atoms with van der Waals surface area (Å²) in [6, 6.07) is 5.34. The standard InChI is InChI=1S/C13H19ClN2O2S/c1-10-3-2-4-12(14)13(10)16-19(17,18)9-11-5-7-15-8-6-11/h2-4,11,15-16H,5-9H2,1H3. The van der Waals surface area contributed by atoms with E-state index in [1.165, 1.54) is 0 Å². The number of anilines is 1. The Labute approximate surface area is 119 Å². The molecule has 0 bridgehead atoms. The van der Waals surface area contributed by atoms with Crippen molar-refractivity contribution in [3.63, 3.8) is 0 Å². The van der Waals surface area contributed by atoms with Crippen molar-refractivity contribution >= 4 is 27.3 Å². The Hall–Kier alpha value is -0.780. The molecule has 1 saturated heterocycles. The summed E-state index contributed by atoms with van der Waals surface area (Å²) in [6.45, 7) is 3.63. The quantitative estimate of drug-likeness (QED) is 0.898. The third kappa shape index (κ3) is 4.09. The van der Waals surface area contributed by atoms with E-state index in [4.69, 9.17) is 11.6 Å². The summed E-state index contributed by atoms with van der Waals surface area (Å²) in [5.74, 6) is 0.390. The van der Waals surface area contributed by atoms with Crippen LogP contribution in [0, 0.1) is 12.8 Å². The van der Waals surface area contributed by atoms with E-state index in [1.54, 1.807) is 6.07 Å². The molecule has 0 unspecified atom stereocenters. The van der Waals surface area contributed by atoms with Crippen molar-refractivity contribution in [1.29, 1.82) is 0 Å². The number of aryl methyl sites for hydroxylation is 1. The van der Waals surface area contributed by atoms with Gasteiger partial charge >= 0.3 is 0 Å². The van der Waals surface area contributed by atoms with Crippen LogP contribution in [0.2, 0.25) is 5.02 Å². The fourth-order valence-electron chi connectivity index (χ4n) is 2.32. The lowest BCUT2D eigenvalue weighted by Crippen LogP contribution is -2.33. The number of hydrogen-bond acceptors (Lipinski definition) is 3. The second kappa shape index (κ2) is 6.11. The molecule has 0 radical (unpaired) electrons. The van der Waals surface area contributed by atoms with Crippen molar-refractivity contribution in [3.8, 4) is 0 Å². The summed E-state index contributed by atoms with van der Waals surface area (Å²) in [5.41, 5.74) is 1.33. The highest BCUT2D eigenvalue weighted by Crippen LogP contribution is 2.27. The van der Waals surface area contributed by atoms with Crippen molar-refractivity contribution in [3.05, 3.63) is 28.8 Å². The minimum atomic E-state index is -3.34. The molecule has 1 aromatic rings. The van der Waals surface area contributed by atoms with Crippen LogP contribution in [-0.2, 0) is 10.0 Å². The predicted molar refractivity (Wildman–Crippen MR) is 79.2 cm³/mol. The molecule has 6 heteroatoms. The fraction of sp³-hybridized carbons (Fsp3) is 0.538. The van der Waals surface area contributed by atoms with Gasteiger partial charge in [0, 0.05) is 0 Å². The van der Waals surface area contributed by atoms with Crippen LogP contribution in [0.25, 0.3) is 0 Å². The maximum atomic E-state index is 12.2. The van der Waals surface area contributed by atoms with Gasteiger partial charge in [-0.2, -0.15) is 0 Å². The van der Waals surface area contributed by atoms with Gasteiger partial charge in [0.1, 0.15) is 0 Å². The summed E-state index contributed by atoms with van der Waals surface area (Å²) in [4.78, 5) is 0. The van der Waals surface area contributed by atoms with Crippen molar-refractivity contribution < 1.29 is 8.42 Å². The third-order valence-electron chi connectivity index (χ3n) is 3.39. The normalized spacial score (nSPS) is 17.4. The Morgan fingerprint density at radius 2 is 2.05 bits per heavy atom. The zero-order valence-electron chi connectivity index (χ0n) is 10.9. The first-order valence-corrected chi connectivity index (χ1v) is 8.47. The smallest absolute Gasteiger partial charge is 0.233 e. The van der Waals surface area contributed by atoms with E-state index in [2.05, 4.69) is 10.0 Å². The van der Waals surface area contributed by atoms with Crippen molar-refractivity contribution in [2.75, 3.05) is 23.6 Å². The van der Waals surface area contributed by atoms with E-state index < -0.39 is 10.0 Å². The first-order valence-electron chi connectivity index (χ1n) is 6.44. The second-order valence-corrected chi connectivity index (χ2v) is 7.18. The number of benzene rings is 1. The molecular formula is C13H19ClN2O2S. The Balaban J connectivity index is 2.08. The Bertz CT molecular complexity index is 519. The average Bonchev–Trinajstić information content (AvgIpc) is 2.35. The predicted octanol–water partition coefficient (Wildman–Crippen LogP) is 2.39. The number of hydrogen-bond donors (Lipinski definition) is 2. The highest BCUT2D eigenvalue weighted by molar-refractivity contribution is 7.92. The van der Waals surface area contributed by atoms with Gasteiger partial charge in [-0.25, -0.2) is 8.42 Å². The maximum Gasteiger partial charge on any atom is 0.233 e. The molecule has 0 aliphatic carbocycles. The largest absolute Gasteiger partial charge is 0.317 e. The second-order valence-electron chi connectivity index (χ2n) is 5.01. The van der Waals surface area contributed by atoms with E-state index >= 15 is 0 Å². The summed E-state index contributed by atoms with van der Waals surface area (Å²) >= 11 is 6.04. The lowest BCUT2D eigenvalue weighted by Gasteiger charge is -2.23. The Kier molecular flexibility index (Phi) is 4.71. The van der Waals surface area contributed by atoms with Gasteiger partial charge in [-0.05, 0) is 50.4 Å². The van der Waals surface area contributed by atoms with E-state index in [0.29, 0.717) is 10.7 Å². The van der Waals surface area contributed by atoms with Crippen molar-refractivity contribution in [2.24, 2.45) is 5.92 Å². The van der Waals surface area contributed by atoms with Gasteiger partial charge in [-0.3, -0.25) is 4.72 Å². The maximum absolute atomic E-state index is 12.2. The minimum absolute atomic E-state index is 0.166. The molecule has 1 aromatic carbocycles. The van der Waals surface area contributed by atoms with Gasteiger partial charge in [0.05, 0.1) is 16.5 Å². The molecule has 0 spiro atoms. The number of rotatable bonds is 4. The van der Waals surface area contributed by atoms with Crippen LogP contribution in [0.5, 0.6) is 0 Å². The van der Waals surface area contributed by atoms with Crippen LogP contribution < -0.4 is 10.0 Å². The van der Waals surface area contributed by atoms with Crippen LogP contribution >= 0.6 is 11.6 Å². The molecule has 1 fully saturated rings. The summed E-state index contributed by atoms with van der Waals surface area (Å²) < 4.78 is 27.0. The first kappa shape index (κ1) is 14.6. The van der Waals surface area contributed by atoms with Crippen LogP contribution in [0.3, 0.4) is 0 Å². The molecule has 2 N–H and O–H groups in total. The number of sulfonamides is 1. The molecular weight excluding hydrogens is 284 g/mol. The molecule has 0 atom stereocenters. The number of nitrogens with one attached hydrogen (secondary N) is 2. The molecule has 0 saturated carbocycles. The van der Waals surface area contributed by atoms with E-state index in [9.17, 15) is 8.42 Å². The highest BCUT2D eigenvalue weighted by Gasteiger charge is 2.22. The van der Waals surface area contributed by atoms with Gasteiger partial charge in [0.2, 0.25) is 10.0 Å². The summed E-state index contributed by atoms with van der Waals surface area (Å²) in [5, 5.41) is 3.67. The fourth-order valence-corrected chi connectivity index (χ4v) is 4.26. The Morgan fingerprint density at radius 1 is 1.37 bits per heavy atom.